The van der Waals surface area contributed by atoms with Gasteiger partial charge in [-0.25, -0.2) is 4.39 Å². The summed E-state index contributed by atoms with van der Waals surface area (Å²) in [7, 11) is 0. The molecule has 1 aromatic rings. The van der Waals surface area contributed by atoms with Crippen LogP contribution >= 0.6 is 11.6 Å². The van der Waals surface area contributed by atoms with Gasteiger partial charge in [-0.3, -0.25) is 0 Å². The molecule has 0 radical (unpaired) electrons. The molecule has 0 spiro atoms. The number of hydrogen-bond acceptors (Lipinski definition) is 3. The monoisotopic (exact) mass is 218 g/mol. The largest absolute Gasteiger partial charge is 0.454 e. The number of hydrogen-bond donors (Lipinski definition) is 1. The van der Waals surface area contributed by atoms with Crippen molar-refractivity contribution in [1.82, 2.24) is 0 Å². The van der Waals surface area contributed by atoms with Crippen molar-refractivity contribution in [3.05, 3.63) is 22.7 Å². The van der Waals surface area contributed by atoms with Gasteiger partial charge in [-0.2, -0.15) is 0 Å². The lowest BCUT2D eigenvalue weighted by molar-refractivity contribution is 0.141. The van der Waals surface area contributed by atoms with Crippen molar-refractivity contribution in [1.29, 1.82) is 0 Å². The molecule has 0 fully saturated rings. The fourth-order valence-corrected chi connectivity index (χ4v) is 1.54. The molecule has 3 nitrogen and oxygen atoms in total. The Hall–Kier alpha value is -1.00. The molecule has 2 rings (SSSR count). The quantitative estimate of drug-likeness (QED) is 0.826. The van der Waals surface area contributed by atoms with Crippen molar-refractivity contribution in [2.75, 3.05) is 13.5 Å². The lowest BCUT2D eigenvalue weighted by Crippen LogP contribution is -1.99. The maximum absolute atomic E-state index is 12.2. The third kappa shape index (κ3) is 1.51. The van der Waals surface area contributed by atoms with E-state index in [-0.39, 0.29) is 6.79 Å². The van der Waals surface area contributed by atoms with Gasteiger partial charge in [-0.15, -0.1) is 0 Å². The van der Waals surface area contributed by atoms with E-state index in [1.165, 1.54) is 12.1 Å². The summed E-state index contributed by atoms with van der Waals surface area (Å²) in [5.41, 5.74) is 0.391. The van der Waals surface area contributed by atoms with Crippen LogP contribution in [0.15, 0.2) is 12.1 Å². The lowest BCUT2D eigenvalue weighted by atomic mass is 10.1. The first kappa shape index (κ1) is 9.55. The van der Waals surface area contributed by atoms with Crippen molar-refractivity contribution < 1.29 is 19.0 Å². The molecule has 1 aliphatic rings. The highest BCUT2D eigenvalue weighted by molar-refractivity contribution is 6.32. The van der Waals surface area contributed by atoms with E-state index in [0.29, 0.717) is 22.1 Å². The van der Waals surface area contributed by atoms with E-state index in [1.54, 1.807) is 0 Å². The summed E-state index contributed by atoms with van der Waals surface area (Å²) in [5, 5.41) is 9.58. The van der Waals surface area contributed by atoms with Crippen molar-refractivity contribution >= 4 is 11.6 Å². The molecule has 1 aromatic carbocycles. The molecular weight excluding hydrogens is 211 g/mol. The summed E-state index contributed by atoms with van der Waals surface area (Å²) in [6.07, 6.45) is -1.16. The van der Waals surface area contributed by atoms with E-state index in [4.69, 9.17) is 21.1 Å². The molecule has 0 aliphatic carbocycles. The third-order valence-corrected chi connectivity index (χ3v) is 2.26. The zero-order valence-corrected chi connectivity index (χ0v) is 7.92. The smallest absolute Gasteiger partial charge is 0.231 e. The molecule has 1 N–H and O–H groups in total. The second-order valence-electron chi connectivity index (χ2n) is 2.91. The van der Waals surface area contributed by atoms with Gasteiger partial charge in [0.25, 0.3) is 0 Å². The van der Waals surface area contributed by atoms with Gasteiger partial charge in [-0.05, 0) is 17.7 Å². The molecule has 0 saturated heterocycles. The van der Waals surface area contributed by atoms with E-state index < -0.39 is 12.8 Å². The minimum absolute atomic E-state index is 0.101. The molecule has 1 atom stereocenters. The Morgan fingerprint density at radius 2 is 2.29 bits per heavy atom. The van der Waals surface area contributed by atoms with Crippen LogP contribution in [0.3, 0.4) is 0 Å². The number of halogens is 2. The first-order chi connectivity index (χ1) is 6.72. The Morgan fingerprint density at radius 1 is 1.50 bits per heavy atom. The summed E-state index contributed by atoms with van der Waals surface area (Å²) in [6.45, 7) is -0.750. The lowest BCUT2D eigenvalue weighted by Gasteiger charge is -2.08. The number of fused-ring (bicyclic) bond motifs is 1. The number of aliphatic hydroxyl groups is 1. The molecule has 14 heavy (non-hydrogen) atoms. The van der Waals surface area contributed by atoms with Crippen molar-refractivity contribution in [3.8, 4) is 11.5 Å². The molecule has 5 heteroatoms. The van der Waals surface area contributed by atoms with Crippen LogP contribution in [0.5, 0.6) is 11.5 Å². The fraction of sp³-hybridized carbons (Fsp3) is 0.333. The molecule has 1 aliphatic heterocycles. The van der Waals surface area contributed by atoms with Crippen molar-refractivity contribution in [3.63, 3.8) is 0 Å². The van der Waals surface area contributed by atoms with E-state index in [0.717, 1.165) is 0 Å². The van der Waals surface area contributed by atoms with Crippen LogP contribution in [-0.2, 0) is 0 Å². The van der Waals surface area contributed by atoms with Gasteiger partial charge < -0.3 is 14.6 Å². The Morgan fingerprint density at radius 3 is 3.00 bits per heavy atom. The molecular formula is C9H8ClFO3. The summed E-state index contributed by atoms with van der Waals surface area (Å²) >= 11 is 5.84. The number of rotatable bonds is 2. The van der Waals surface area contributed by atoms with Crippen LogP contribution in [0.2, 0.25) is 5.02 Å². The minimum Gasteiger partial charge on any atom is -0.454 e. The van der Waals surface area contributed by atoms with Gasteiger partial charge >= 0.3 is 0 Å². The van der Waals surface area contributed by atoms with E-state index in [1.807, 2.05) is 0 Å². The molecule has 0 aromatic heterocycles. The highest BCUT2D eigenvalue weighted by Crippen LogP contribution is 2.40. The standard InChI is InChI=1S/C9H8ClFO3/c10-6-1-5(7(12)3-11)2-8-9(6)14-4-13-8/h1-2,7,12H,3-4H2. The number of ether oxygens (including phenoxy) is 2. The van der Waals surface area contributed by atoms with Gasteiger partial charge in [0.2, 0.25) is 6.79 Å². The molecule has 0 bridgehead atoms. The Balaban J connectivity index is 2.41. The predicted octanol–water partition coefficient (Wildman–Crippen LogP) is 2.07. The molecule has 0 amide bonds. The van der Waals surface area contributed by atoms with Crippen LogP contribution in [-0.4, -0.2) is 18.6 Å². The molecule has 0 saturated carbocycles. The zero-order chi connectivity index (χ0) is 10.1. The van der Waals surface area contributed by atoms with Gasteiger partial charge in [0.1, 0.15) is 12.8 Å². The van der Waals surface area contributed by atoms with Gasteiger partial charge in [0.15, 0.2) is 11.5 Å². The normalized spacial score (nSPS) is 15.6. The van der Waals surface area contributed by atoms with Gasteiger partial charge in [0, 0.05) is 0 Å². The topological polar surface area (TPSA) is 38.7 Å². The highest BCUT2D eigenvalue weighted by atomic mass is 35.5. The first-order valence-electron chi connectivity index (χ1n) is 4.05. The van der Waals surface area contributed by atoms with E-state index in [2.05, 4.69) is 0 Å². The summed E-state index contributed by atoms with van der Waals surface area (Å²) in [4.78, 5) is 0. The second kappa shape index (κ2) is 3.63. The number of benzene rings is 1. The van der Waals surface area contributed by atoms with Crippen LogP contribution in [0.4, 0.5) is 4.39 Å². The summed E-state index contributed by atoms with van der Waals surface area (Å²) in [5.74, 6) is 0.890. The van der Waals surface area contributed by atoms with E-state index in [9.17, 15) is 9.50 Å². The van der Waals surface area contributed by atoms with Gasteiger partial charge in [0.05, 0.1) is 5.02 Å². The summed E-state index contributed by atoms with van der Waals surface area (Å²) < 4.78 is 22.3. The van der Waals surface area contributed by atoms with E-state index >= 15 is 0 Å². The third-order valence-electron chi connectivity index (χ3n) is 1.98. The number of alkyl halides is 1. The maximum atomic E-state index is 12.2. The van der Waals surface area contributed by atoms with Crippen LogP contribution in [0.1, 0.15) is 11.7 Å². The van der Waals surface area contributed by atoms with Crippen molar-refractivity contribution in [2.45, 2.75) is 6.10 Å². The first-order valence-corrected chi connectivity index (χ1v) is 4.43. The molecule has 1 unspecified atom stereocenters. The van der Waals surface area contributed by atoms with Crippen LogP contribution in [0.25, 0.3) is 0 Å². The Bertz CT molecular complexity index is 356. The maximum Gasteiger partial charge on any atom is 0.231 e. The average Bonchev–Trinajstić information content (AvgIpc) is 2.64. The Kier molecular flexibility index (Phi) is 2.48. The highest BCUT2D eigenvalue weighted by Gasteiger charge is 2.20. The fourth-order valence-electron chi connectivity index (χ4n) is 1.27. The average molecular weight is 219 g/mol. The molecule has 1 heterocycles. The predicted molar refractivity (Wildman–Crippen MR) is 48.5 cm³/mol. The number of aliphatic hydroxyl groups excluding tert-OH is 1. The summed E-state index contributed by atoms with van der Waals surface area (Å²) in [6, 6.07) is 3.00. The zero-order valence-electron chi connectivity index (χ0n) is 7.17. The van der Waals surface area contributed by atoms with Crippen molar-refractivity contribution in [2.24, 2.45) is 0 Å². The Labute approximate surface area is 85.0 Å². The van der Waals surface area contributed by atoms with Crippen LogP contribution in [0, 0.1) is 0 Å². The second-order valence-corrected chi connectivity index (χ2v) is 3.31. The van der Waals surface area contributed by atoms with Crippen LogP contribution < -0.4 is 9.47 Å². The minimum atomic E-state index is -1.16. The van der Waals surface area contributed by atoms with Gasteiger partial charge in [-0.1, -0.05) is 11.6 Å². The SMILES string of the molecule is OC(CF)c1cc(Cl)c2c(c1)OCO2. The molecule has 76 valence electrons.